The van der Waals surface area contributed by atoms with E-state index in [1.807, 2.05) is 0 Å². The Morgan fingerprint density at radius 1 is 1.61 bits per heavy atom. The quantitative estimate of drug-likeness (QED) is 0.770. The van der Waals surface area contributed by atoms with Crippen LogP contribution in [0.3, 0.4) is 0 Å². The molecular weight excluding hydrogens is 253 g/mol. The van der Waals surface area contributed by atoms with E-state index in [0.29, 0.717) is 11.5 Å². The van der Waals surface area contributed by atoms with Crippen molar-refractivity contribution < 1.29 is 13.9 Å². The number of methoxy groups -OCH3 is 1. The Balaban J connectivity index is 2.50. The van der Waals surface area contributed by atoms with Gasteiger partial charge in [-0.05, 0) is 17.7 Å². The first-order valence-electron chi connectivity index (χ1n) is 5.42. The molecule has 0 spiro atoms. The minimum atomic E-state index is -0.505. The van der Waals surface area contributed by atoms with Crippen LogP contribution in [0.5, 0.6) is 0 Å². The molecule has 96 valence electrons. The number of halogens is 1. The maximum Gasteiger partial charge on any atom is 0.309 e. The van der Waals surface area contributed by atoms with Crippen molar-refractivity contribution in [2.45, 2.75) is 12.7 Å². The molecule has 0 amide bonds. The molecule has 0 heterocycles. The molecule has 18 heavy (non-hydrogen) atoms. The molecule has 0 saturated carbocycles. The number of ether oxygens (including phenoxy) is 1. The zero-order valence-corrected chi connectivity index (χ0v) is 11.1. The third-order valence-electron chi connectivity index (χ3n) is 2.39. The van der Waals surface area contributed by atoms with E-state index in [-0.39, 0.29) is 17.5 Å². The van der Waals surface area contributed by atoms with Gasteiger partial charge in [-0.15, -0.1) is 0 Å². The lowest BCUT2D eigenvalue weighted by Crippen LogP contribution is -2.14. The van der Waals surface area contributed by atoms with E-state index in [1.165, 1.54) is 19.2 Å². The molecule has 1 rings (SSSR count). The normalized spacial score (nSPS) is 11.7. The second kappa shape index (κ2) is 7.02. The number of hydrogen-bond acceptors (Lipinski definition) is 4. The van der Waals surface area contributed by atoms with Crippen molar-refractivity contribution in [3.63, 3.8) is 0 Å². The monoisotopic (exact) mass is 267 g/mol. The van der Waals surface area contributed by atoms with E-state index >= 15 is 0 Å². The molecule has 0 radical (unpaired) electrons. The van der Waals surface area contributed by atoms with Crippen molar-refractivity contribution >= 4 is 17.7 Å². The van der Waals surface area contributed by atoms with Gasteiger partial charge in [0.1, 0.15) is 11.9 Å². The Hall–Kier alpha value is -1.54. The summed E-state index contributed by atoms with van der Waals surface area (Å²) in [7, 11) is 1.36. The molecule has 0 aliphatic heterocycles. The topological polar surface area (TPSA) is 50.1 Å². The molecule has 1 aromatic rings. The largest absolute Gasteiger partial charge is 0.469 e. The SMILES string of the molecule is COC(=O)C(C)CSCc1ccc(F)c(C#N)c1. The van der Waals surface area contributed by atoms with Gasteiger partial charge in [0, 0.05) is 11.5 Å². The number of thioether (sulfide) groups is 1. The highest BCUT2D eigenvalue weighted by atomic mass is 32.2. The fraction of sp³-hybridized carbons (Fsp3) is 0.385. The first-order chi connectivity index (χ1) is 8.58. The Labute approximate surface area is 110 Å². The summed E-state index contributed by atoms with van der Waals surface area (Å²) in [6.07, 6.45) is 0. The van der Waals surface area contributed by atoms with E-state index in [1.54, 1.807) is 30.8 Å². The van der Waals surface area contributed by atoms with E-state index in [4.69, 9.17) is 5.26 Å². The van der Waals surface area contributed by atoms with Gasteiger partial charge in [0.25, 0.3) is 0 Å². The van der Waals surface area contributed by atoms with Crippen LogP contribution in [0.25, 0.3) is 0 Å². The number of nitriles is 1. The Morgan fingerprint density at radius 3 is 2.94 bits per heavy atom. The average Bonchev–Trinajstić information content (AvgIpc) is 2.39. The minimum Gasteiger partial charge on any atom is -0.469 e. The highest BCUT2D eigenvalue weighted by Crippen LogP contribution is 2.18. The van der Waals surface area contributed by atoms with Crippen LogP contribution in [0.1, 0.15) is 18.1 Å². The van der Waals surface area contributed by atoms with E-state index in [9.17, 15) is 9.18 Å². The Kier molecular flexibility index (Phi) is 5.66. The molecule has 5 heteroatoms. The molecule has 0 saturated heterocycles. The summed E-state index contributed by atoms with van der Waals surface area (Å²) in [4.78, 5) is 11.2. The fourth-order valence-corrected chi connectivity index (χ4v) is 2.39. The molecular formula is C13H14FNO2S. The van der Waals surface area contributed by atoms with Crippen molar-refractivity contribution in [1.82, 2.24) is 0 Å². The van der Waals surface area contributed by atoms with Gasteiger partial charge in [-0.1, -0.05) is 13.0 Å². The molecule has 1 atom stereocenters. The lowest BCUT2D eigenvalue weighted by Gasteiger charge is -2.08. The molecule has 1 unspecified atom stereocenters. The van der Waals surface area contributed by atoms with Gasteiger partial charge >= 0.3 is 5.97 Å². The zero-order chi connectivity index (χ0) is 13.5. The lowest BCUT2D eigenvalue weighted by molar-refractivity contribution is -0.143. The highest BCUT2D eigenvalue weighted by Gasteiger charge is 2.12. The van der Waals surface area contributed by atoms with E-state index in [2.05, 4.69) is 4.74 Å². The lowest BCUT2D eigenvalue weighted by atomic mass is 10.1. The molecule has 0 fully saturated rings. The number of hydrogen-bond donors (Lipinski definition) is 0. The first-order valence-corrected chi connectivity index (χ1v) is 6.58. The van der Waals surface area contributed by atoms with Gasteiger partial charge in [0.2, 0.25) is 0 Å². The molecule has 0 aromatic heterocycles. The highest BCUT2D eigenvalue weighted by molar-refractivity contribution is 7.98. The van der Waals surface area contributed by atoms with Gasteiger partial charge < -0.3 is 4.74 Å². The summed E-state index contributed by atoms with van der Waals surface area (Å²) >= 11 is 1.55. The molecule has 0 N–H and O–H groups in total. The van der Waals surface area contributed by atoms with Crippen molar-refractivity contribution in [1.29, 1.82) is 5.26 Å². The van der Waals surface area contributed by atoms with Crippen molar-refractivity contribution in [3.05, 3.63) is 35.1 Å². The molecule has 3 nitrogen and oxygen atoms in total. The maximum absolute atomic E-state index is 13.1. The predicted octanol–water partition coefficient (Wildman–Crippen LogP) is 2.74. The maximum atomic E-state index is 13.1. The van der Waals surface area contributed by atoms with Crippen molar-refractivity contribution in [2.75, 3.05) is 12.9 Å². The number of carbonyl (C=O) groups is 1. The van der Waals surface area contributed by atoms with Crippen LogP contribution in [0.4, 0.5) is 4.39 Å². The third-order valence-corrected chi connectivity index (χ3v) is 3.66. The van der Waals surface area contributed by atoms with Crippen LogP contribution in [-0.4, -0.2) is 18.8 Å². The second-order valence-electron chi connectivity index (χ2n) is 3.87. The number of nitrogens with zero attached hydrogens (tertiary/aromatic N) is 1. The average molecular weight is 267 g/mol. The van der Waals surface area contributed by atoms with Crippen LogP contribution < -0.4 is 0 Å². The van der Waals surface area contributed by atoms with Gasteiger partial charge in [0.05, 0.1) is 18.6 Å². The first kappa shape index (κ1) is 14.5. The molecule has 0 aliphatic carbocycles. The second-order valence-corrected chi connectivity index (χ2v) is 4.90. The number of carbonyl (C=O) groups excluding carboxylic acids is 1. The van der Waals surface area contributed by atoms with Gasteiger partial charge in [0.15, 0.2) is 0 Å². The van der Waals surface area contributed by atoms with E-state index < -0.39 is 5.82 Å². The fourth-order valence-electron chi connectivity index (χ4n) is 1.37. The summed E-state index contributed by atoms with van der Waals surface area (Å²) < 4.78 is 17.7. The van der Waals surface area contributed by atoms with Gasteiger partial charge in [-0.2, -0.15) is 17.0 Å². The van der Waals surface area contributed by atoms with Crippen LogP contribution in [0, 0.1) is 23.1 Å². The zero-order valence-electron chi connectivity index (χ0n) is 10.3. The minimum absolute atomic E-state index is 0.0501. The standard InChI is InChI=1S/C13H14FNO2S/c1-9(13(16)17-2)7-18-8-10-3-4-12(14)11(5-10)6-15/h3-5,9H,7-8H2,1-2H3. The summed E-state index contributed by atoms with van der Waals surface area (Å²) in [5.74, 6) is 0.353. The van der Waals surface area contributed by atoms with Crippen molar-refractivity contribution in [3.8, 4) is 6.07 Å². The van der Waals surface area contributed by atoms with Crippen molar-refractivity contribution in [2.24, 2.45) is 5.92 Å². The van der Waals surface area contributed by atoms with Crippen LogP contribution in [0.15, 0.2) is 18.2 Å². The van der Waals surface area contributed by atoms with E-state index in [0.717, 1.165) is 5.56 Å². The van der Waals surface area contributed by atoms with Gasteiger partial charge in [-0.3, -0.25) is 4.79 Å². The Bertz CT molecular complexity index is 471. The number of benzene rings is 1. The Morgan fingerprint density at radius 2 is 2.33 bits per heavy atom. The summed E-state index contributed by atoms with van der Waals surface area (Å²) in [6.45, 7) is 1.80. The smallest absolute Gasteiger partial charge is 0.309 e. The van der Waals surface area contributed by atoms with Crippen LogP contribution in [0.2, 0.25) is 0 Å². The number of esters is 1. The molecule has 1 aromatic carbocycles. The third kappa shape index (κ3) is 4.04. The van der Waals surface area contributed by atoms with Crippen LogP contribution >= 0.6 is 11.8 Å². The molecule has 0 bridgehead atoms. The predicted molar refractivity (Wildman–Crippen MR) is 68.5 cm³/mol. The summed E-state index contributed by atoms with van der Waals surface area (Å²) in [5.41, 5.74) is 0.920. The van der Waals surface area contributed by atoms with Gasteiger partial charge in [-0.25, -0.2) is 4.39 Å². The molecule has 0 aliphatic rings. The summed E-state index contributed by atoms with van der Waals surface area (Å²) in [6, 6.07) is 6.27. The number of rotatable bonds is 5. The summed E-state index contributed by atoms with van der Waals surface area (Å²) in [5, 5.41) is 8.70. The van der Waals surface area contributed by atoms with Crippen LogP contribution in [-0.2, 0) is 15.3 Å².